The fraction of sp³-hybridized carbons (Fsp3) is 0.667. The van der Waals surface area contributed by atoms with E-state index >= 15 is 0 Å². The van der Waals surface area contributed by atoms with Crippen molar-refractivity contribution in [1.82, 2.24) is 30.2 Å². The summed E-state index contributed by atoms with van der Waals surface area (Å²) < 4.78 is 61.7. The molecule has 2 aromatic heterocycles. The molecule has 48 heavy (non-hydrogen) atoms. The molecule has 0 aliphatic carbocycles. The number of fused-ring (bicyclic) bond motifs is 1. The number of amides is 2. The first kappa shape index (κ1) is 40.3. The normalized spacial score (nSPS) is 23.4. The van der Waals surface area contributed by atoms with Gasteiger partial charge in [0.05, 0.1) is 19.5 Å². The van der Waals surface area contributed by atoms with Gasteiger partial charge in [-0.2, -0.15) is 16.9 Å². The largest absolute Gasteiger partial charge is 0.481 e. The van der Waals surface area contributed by atoms with Crippen LogP contribution in [0, 0.1) is 5.41 Å². The SMILES string of the molecule is CC(C)(COP(=O)(O)OP(=O)(O)OC[C@@H]1O[C@H](n2cnc3c(N)ncnc32)C(O)C1OP(=O)(O)O)C(O)C(=O)NCCC(=O)NCCS. The Hall–Kier alpha value is -2.11. The quantitative estimate of drug-likeness (QED) is 0.0599. The van der Waals surface area contributed by atoms with Gasteiger partial charge in [-0.05, 0) is 0 Å². The second kappa shape index (κ2) is 16.3. The van der Waals surface area contributed by atoms with Crippen LogP contribution in [0.3, 0.4) is 0 Å². The lowest BCUT2D eigenvalue weighted by atomic mass is 9.87. The number of nitrogen functional groups attached to an aromatic ring is 1. The fourth-order valence-electron chi connectivity index (χ4n) is 4.14. The van der Waals surface area contributed by atoms with E-state index in [1.165, 1.54) is 13.8 Å². The number of nitrogens with zero attached hydrogens (tertiary/aromatic N) is 4. The number of aromatic nitrogens is 4. The predicted octanol–water partition coefficient (Wildman–Crippen LogP) is -1.67. The van der Waals surface area contributed by atoms with Crippen molar-refractivity contribution in [1.29, 1.82) is 0 Å². The van der Waals surface area contributed by atoms with E-state index in [0.29, 0.717) is 12.3 Å². The van der Waals surface area contributed by atoms with Crippen LogP contribution in [0.25, 0.3) is 11.2 Å². The molecule has 1 aliphatic heterocycles. The van der Waals surface area contributed by atoms with Crippen LogP contribution in [0.4, 0.5) is 5.82 Å². The minimum absolute atomic E-state index is 0.0363. The summed E-state index contributed by atoms with van der Waals surface area (Å²) in [4.78, 5) is 74.6. The van der Waals surface area contributed by atoms with E-state index in [1.54, 1.807) is 0 Å². The second-order valence-corrected chi connectivity index (χ2v) is 15.5. The summed E-state index contributed by atoms with van der Waals surface area (Å²) in [5.74, 6) is -0.943. The lowest BCUT2D eigenvalue weighted by molar-refractivity contribution is -0.137. The third-order valence-electron chi connectivity index (χ3n) is 6.51. The number of carbonyl (C=O) groups excluding carboxylic acids is 2. The molecule has 3 rings (SSSR count). The maximum Gasteiger partial charge on any atom is 0.481 e. The number of phosphoric acid groups is 3. The number of hydrogen-bond donors (Lipinski definition) is 10. The molecule has 0 saturated carbocycles. The van der Waals surface area contributed by atoms with Crippen molar-refractivity contribution in [2.45, 2.75) is 50.9 Å². The molecule has 0 bridgehead atoms. The van der Waals surface area contributed by atoms with Crippen LogP contribution < -0.4 is 16.4 Å². The molecule has 5 unspecified atom stereocenters. The highest BCUT2D eigenvalue weighted by molar-refractivity contribution is 7.80. The van der Waals surface area contributed by atoms with Crippen LogP contribution in [-0.4, -0.2) is 118 Å². The Labute approximate surface area is 277 Å². The molecule has 1 saturated heterocycles. The van der Waals surface area contributed by atoms with Crippen LogP contribution in [0.5, 0.6) is 0 Å². The Morgan fingerprint density at radius 2 is 1.77 bits per heavy atom. The highest BCUT2D eigenvalue weighted by Gasteiger charge is 2.50. The predicted molar refractivity (Wildman–Crippen MR) is 163 cm³/mol. The number of rotatable bonds is 18. The smallest absolute Gasteiger partial charge is 0.386 e. The fourth-order valence-corrected chi connectivity index (χ4v) is 7.08. The zero-order valence-corrected chi connectivity index (χ0v) is 28.8. The van der Waals surface area contributed by atoms with Crippen LogP contribution in [-0.2, 0) is 45.9 Å². The number of imidazole rings is 1. The van der Waals surface area contributed by atoms with Crippen molar-refractivity contribution in [3.63, 3.8) is 0 Å². The van der Waals surface area contributed by atoms with Gasteiger partial charge in [0, 0.05) is 30.7 Å². The molecular weight excluding hydrogens is 731 g/mol. The minimum atomic E-state index is -5.54. The van der Waals surface area contributed by atoms with Gasteiger partial charge in [0.2, 0.25) is 11.8 Å². The van der Waals surface area contributed by atoms with Crippen molar-refractivity contribution >= 4 is 64.9 Å². The number of carbonyl (C=O) groups is 2. The number of nitrogens with one attached hydrogen (secondary N) is 2. The van der Waals surface area contributed by atoms with E-state index < -0.39 is 78.6 Å². The average molecular weight is 768 g/mol. The number of aliphatic hydroxyl groups is 2. The zero-order valence-electron chi connectivity index (χ0n) is 25.2. The van der Waals surface area contributed by atoms with Gasteiger partial charge in [-0.3, -0.25) is 27.7 Å². The number of anilines is 1. The summed E-state index contributed by atoms with van der Waals surface area (Å²) in [6.07, 6.45) is -6.74. The number of ether oxygens (including phenoxy) is 1. The number of phosphoric ester groups is 3. The second-order valence-electron chi connectivity index (χ2n) is 10.8. The summed E-state index contributed by atoms with van der Waals surface area (Å²) in [5.41, 5.74) is 4.30. The van der Waals surface area contributed by atoms with Gasteiger partial charge in [0.25, 0.3) is 0 Å². The molecule has 7 atom stereocenters. The molecule has 272 valence electrons. The van der Waals surface area contributed by atoms with E-state index in [9.17, 15) is 53.1 Å². The van der Waals surface area contributed by atoms with Gasteiger partial charge in [0.1, 0.15) is 36.3 Å². The van der Waals surface area contributed by atoms with E-state index in [4.69, 9.17) is 19.5 Å². The monoisotopic (exact) mass is 767 g/mol. The van der Waals surface area contributed by atoms with Crippen molar-refractivity contribution in [2.24, 2.45) is 5.41 Å². The van der Waals surface area contributed by atoms with Gasteiger partial charge >= 0.3 is 23.5 Å². The van der Waals surface area contributed by atoms with Crippen molar-refractivity contribution in [3.8, 4) is 0 Å². The number of nitrogens with two attached hydrogens (primary N) is 1. The zero-order chi connectivity index (χ0) is 36.1. The first-order valence-corrected chi connectivity index (χ1v) is 18.8. The summed E-state index contributed by atoms with van der Waals surface area (Å²) in [7, 11) is -16.3. The lowest BCUT2D eigenvalue weighted by Gasteiger charge is -2.30. The molecule has 2 amide bonds. The first-order valence-electron chi connectivity index (χ1n) is 13.7. The Kier molecular flexibility index (Phi) is 13.7. The molecule has 10 N–H and O–H groups in total. The van der Waals surface area contributed by atoms with Gasteiger partial charge in [-0.25, -0.2) is 28.6 Å². The van der Waals surface area contributed by atoms with Crippen LogP contribution in [0.15, 0.2) is 12.7 Å². The Balaban J connectivity index is 1.61. The Morgan fingerprint density at radius 1 is 1.10 bits per heavy atom. The Bertz CT molecular complexity index is 1590. The van der Waals surface area contributed by atoms with Gasteiger partial charge < -0.3 is 50.9 Å². The lowest BCUT2D eigenvalue weighted by Crippen LogP contribution is -2.46. The summed E-state index contributed by atoms with van der Waals surface area (Å²) in [6.45, 7) is 0.723. The van der Waals surface area contributed by atoms with Crippen molar-refractivity contribution < 1.29 is 75.7 Å². The maximum atomic E-state index is 12.6. The molecular formula is C21H36N7O16P3S. The Morgan fingerprint density at radius 3 is 2.42 bits per heavy atom. The molecule has 2 aromatic rings. The van der Waals surface area contributed by atoms with Crippen molar-refractivity contribution in [2.75, 3.05) is 37.8 Å². The molecule has 1 aliphatic rings. The van der Waals surface area contributed by atoms with E-state index in [1.807, 2.05) is 0 Å². The topological polar surface area (TPSA) is 347 Å². The van der Waals surface area contributed by atoms with Gasteiger partial charge in [-0.15, -0.1) is 0 Å². The number of aliphatic hydroxyl groups excluding tert-OH is 2. The summed E-state index contributed by atoms with van der Waals surface area (Å²) >= 11 is 3.95. The third-order valence-corrected chi connectivity index (χ3v) is 9.83. The number of hydrogen-bond acceptors (Lipinski definition) is 17. The highest BCUT2D eigenvalue weighted by atomic mass is 32.1. The third kappa shape index (κ3) is 11.2. The van der Waals surface area contributed by atoms with E-state index in [2.05, 4.69) is 47.0 Å². The van der Waals surface area contributed by atoms with Crippen LogP contribution in [0.1, 0.15) is 26.5 Å². The molecule has 27 heteroatoms. The molecule has 0 radical (unpaired) electrons. The molecule has 1 fully saturated rings. The number of thiol groups is 1. The maximum absolute atomic E-state index is 12.6. The molecule has 3 heterocycles. The highest BCUT2D eigenvalue weighted by Crippen LogP contribution is 2.61. The van der Waals surface area contributed by atoms with E-state index in [-0.39, 0.29) is 35.9 Å². The van der Waals surface area contributed by atoms with E-state index in [0.717, 1.165) is 17.2 Å². The molecule has 23 nitrogen and oxygen atoms in total. The standard InChI is InChI=1S/C21H36N7O16P3S/c1-21(2,16(31)19(32)24-4-3-12(29)23-5-6-48)8-41-47(38,39)44-46(36,37)40-7-11-15(43-45(33,34)35)14(30)20(42-11)28-10-27-13-17(22)25-9-26-18(13)28/h9-11,14-16,20,30-31,48H,3-8H2,1-2H3,(H,23,29)(H,24,32)(H,36,37)(H,38,39)(H2,22,25,26)(H2,33,34,35)/t11-,14?,15?,16?,20-/m0/s1. The van der Waals surface area contributed by atoms with Crippen molar-refractivity contribution in [3.05, 3.63) is 12.7 Å². The average Bonchev–Trinajstić information content (AvgIpc) is 3.54. The van der Waals surface area contributed by atoms with Crippen LogP contribution in [0.2, 0.25) is 0 Å². The molecule has 0 spiro atoms. The van der Waals surface area contributed by atoms with Crippen LogP contribution >= 0.6 is 36.1 Å². The summed E-state index contributed by atoms with van der Waals surface area (Å²) in [5, 5.41) is 26.1. The minimum Gasteiger partial charge on any atom is -0.386 e. The summed E-state index contributed by atoms with van der Waals surface area (Å²) in [6, 6.07) is 0. The van der Waals surface area contributed by atoms with Gasteiger partial charge in [0.15, 0.2) is 17.7 Å². The molecule has 0 aromatic carbocycles. The first-order chi connectivity index (χ1) is 22.2. The van der Waals surface area contributed by atoms with Gasteiger partial charge in [-0.1, -0.05) is 13.8 Å².